The Morgan fingerprint density at radius 2 is 1.73 bits per heavy atom. The van der Waals surface area contributed by atoms with Crippen LogP contribution in [0.2, 0.25) is 0 Å². The summed E-state index contributed by atoms with van der Waals surface area (Å²) in [5.41, 5.74) is 0. The zero-order valence-corrected chi connectivity index (χ0v) is 8.17. The Hall–Kier alpha value is -1.89. The lowest BCUT2D eigenvalue weighted by Gasteiger charge is -1.92. The topological polar surface area (TPSA) is 113 Å². The predicted octanol–water partition coefficient (Wildman–Crippen LogP) is -0.909. The molecule has 1 amide bonds. The van der Waals surface area contributed by atoms with E-state index in [1.54, 1.807) is 7.11 Å². The molecule has 7 nitrogen and oxygen atoms in total. The fourth-order valence-electron chi connectivity index (χ4n) is 0.362. The second kappa shape index (κ2) is 12.1. The van der Waals surface area contributed by atoms with Crippen LogP contribution in [-0.4, -0.2) is 48.8 Å². The van der Waals surface area contributed by atoms with Crippen LogP contribution in [0.3, 0.4) is 0 Å². The molecular weight excluding hydrogens is 206 g/mol. The van der Waals surface area contributed by atoms with Gasteiger partial charge in [-0.1, -0.05) is 0 Å². The number of carbonyl (C=O) groups is 3. The number of methoxy groups -OCH3 is 1. The maximum atomic E-state index is 9.55. The second-order valence-corrected chi connectivity index (χ2v) is 2.07. The van der Waals surface area contributed by atoms with Gasteiger partial charge in [0.05, 0.1) is 6.61 Å². The summed E-state index contributed by atoms with van der Waals surface area (Å²) in [6.45, 7) is 1.18. The van der Waals surface area contributed by atoms with E-state index in [0.29, 0.717) is 31.7 Å². The minimum atomic E-state index is -1.26. The first-order valence-electron chi connectivity index (χ1n) is 3.84. The van der Waals surface area contributed by atoms with Gasteiger partial charge in [-0.25, -0.2) is 9.59 Å². The van der Waals surface area contributed by atoms with Gasteiger partial charge in [0, 0.05) is 25.8 Å². The first-order chi connectivity index (χ1) is 7.04. The lowest BCUT2D eigenvalue weighted by molar-refractivity contribution is -0.134. The minimum Gasteiger partial charge on any atom is -0.478 e. The summed E-state index contributed by atoms with van der Waals surface area (Å²) in [5, 5.41) is 18.1. The van der Waals surface area contributed by atoms with Crippen molar-refractivity contribution in [3.63, 3.8) is 0 Å². The molecule has 0 atom stereocenters. The van der Waals surface area contributed by atoms with Crippen LogP contribution in [0.25, 0.3) is 0 Å². The van der Waals surface area contributed by atoms with Crippen LogP contribution in [0.1, 0.15) is 0 Å². The second-order valence-electron chi connectivity index (χ2n) is 2.07. The summed E-state index contributed by atoms with van der Waals surface area (Å²) in [6.07, 6.45) is 1.77. The number of carboxylic acid groups (broad SMARTS) is 2. The van der Waals surface area contributed by atoms with Gasteiger partial charge in [0.1, 0.15) is 0 Å². The van der Waals surface area contributed by atoms with Crippen LogP contribution in [0, 0.1) is 0 Å². The summed E-state index contributed by atoms with van der Waals surface area (Å²) >= 11 is 0. The van der Waals surface area contributed by atoms with Gasteiger partial charge < -0.3 is 20.3 Å². The van der Waals surface area contributed by atoms with Gasteiger partial charge in [-0.15, -0.1) is 0 Å². The molecule has 0 spiro atoms. The van der Waals surface area contributed by atoms with E-state index in [4.69, 9.17) is 10.2 Å². The molecule has 0 aliphatic carbocycles. The highest BCUT2D eigenvalue weighted by molar-refractivity contribution is 5.89. The van der Waals surface area contributed by atoms with Crippen molar-refractivity contribution in [2.24, 2.45) is 0 Å². The Bertz CT molecular complexity index is 209. The molecule has 86 valence electrons. The summed E-state index contributed by atoms with van der Waals surface area (Å²) in [7, 11) is 1.59. The molecule has 0 fully saturated rings. The fraction of sp³-hybridized carbons (Fsp3) is 0.375. The molecule has 0 bridgehead atoms. The molecule has 7 heteroatoms. The summed E-state index contributed by atoms with van der Waals surface area (Å²) in [5.74, 6) is -2.51. The van der Waals surface area contributed by atoms with E-state index in [2.05, 4.69) is 10.1 Å². The van der Waals surface area contributed by atoms with Crippen molar-refractivity contribution in [2.75, 3.05) is 20.3 Å². The lowest BCUT2D eigenvalue weighted by atomic mass is 10.5. The van der Waals surface area contributed by atoms with Crippen molar-refractivity contribution >= 4 is 18.3 Å². The van der Waals surface area contributed by atoms with E-state index in [9.17, 15) is 14.4 Å². The molecule has 0 aliphatic heterocycles. The molecule has 15 heavy (non-hydrogen) atoms. The number of carbonyl (C=O) groups excluding carboxylic acids is 1. The third-order valence-corrected chi connectivity index (χ3v) is 0.902. The molecular formula is C8H13NO6. The molecule has 0 radical (unpaired) electrons. The highest BCUT2D eigenvalue weighted by Crippen LogP contribution is 1.70. The Balaban J connectivity index is 0. The monoisotopic (exact) mass is 219 g/mol. The quantitative estimate of drug-likeness (QED) is 0.303. The smallest absolute Gasteiger partial charge is 0.328 e. The average Bonchev–Trinajstić information content (AvgIpc) is 2.17. The highest BCUT2D eigenvalue weighted by Gasteiger charge is 1.88. The van der Waals surface area contributed by atoms with Crippen molar-refractivity contribution in [1.29, 1.82) is 0 Å². The molecule has 0 aromatic carbocycles. The number of nitrogens with one attached hydrogen (secondary N) is 1. The van der Waals surface area contributed by atoms with Gasteiger partial charge in [0.15, 0.2) is 0 Å². The van der Waals surface area contributed by atoms with Crippen LogP contribution in [0.15, 0.2) is 12.2 Å². The highest BCUT2D eigenvalue weighted by atomic mass is 16.5. The van der Waals surface area contributed by atoms with Gasteiger partial charge in [0.2, 0.25) is 6.41 Å². The van der Waals surface area contributed by atoms with Gasteiger partial charge in [0.25, 0.3) is 0 Å². The standard InChI is InChI=1S/C4H9NO2.C4H4O4/c1-7-3-2-5-4-6;5-3(6)1-2-4(7)8/h4H,2-3H2,1H3,(H,5,6);1-2H,(H,5,6)(H,7,8)/b;2-1-. The molecule has 0 heterocycles. The number of ether oxygens (including phenoxy) is 1. The van der Waals surface area contributed by atoms with Gasteiger partial charge >= 0.3 is 11.9 Å². The largest absolute Gasteiger partial charge is 0.478 e. The minimum absolute atomic E-state index is 0.558. The normalized spacial score (nSPS) is 8.87. The fourth-order valence-corrected chi connectivity index (χ4v) is 0.362. The van der Waals surface area contributed by atoms with Crippen LogP contribution < -0.4 is 5.32 Å². The zero-order chi connectivity index (χ0) is 12.1. The van der Waals surface area contributed by atoms with E-state index in [1.807, 2.05) is 0 Å². The number of hydrogen-bond donors (Lipinski definition) is 3. The van der Waals surface area contributed by atoms with Crippen LogP contribution in [-0.2, 0) is 19.1 Å². The SMILES string of the molecule is COCCNC=O.O=C(O)/C=C\C(=O)O. The van der Waals surface area contributed by atoms with E-state index >= 15 is 0 Å². The maximum Gasteiger partial charge on any atom is 0.328 e. The third-order valence-electron chi connectivity index (χ3n) is 0.902. The van der Waals surface area contributed by atoms with E-state index in [0.717, 1.165) is 0 Å². The molecule has 0 saturated heterocycles. The molecule has 0 aromatic heterocycles. The van der Waals surface area contributed by atoms with Crippen molar-refractivity contribution in [3.8, 4) is 0 Å². The Morgan fingerprint density at radius 1 is 1.27 bits per heavy atom. The molecule has 0 saturated carbocycles. The molecule has 0 aliphatic rings. The maximum absolute atomic E-state index is 9.55. The lowest BCUT2D eigenvalue weighted by Crippen LogP contribution is -2.16. The van der Waals surface area contributed by atoms with E-state index in [1.165, 1.54) is 0 Å². The number of rotatable bonds is 6. The van der Waals surface area contributed by atoms with Gasteiger partial charge in [-0.05, 0) is 0 Å². The molecule has 0 unspecified atom stereocenters. The van der Waals surface area contributed by atoms with Crippen LogP contribution in [0.4, 0.5) is 0 Å². The Kier molecular flexibility index (Phi) is 12.6. The van der Waals surface area contributed by atoms with Crippen molar-refractivity contribution < 1.29 is 29.3 Å². The number of hydrogen-bond acceptors (Lipinski definition) is 4. The van der Waals surface area contributed by atoms with Crippen LogP contribution >= 0.6 is 0 Å². The zero-order valence-electron chi connectivity index (χ0n) is 8.17. The summed E-state index contributed by atoms with van der Waals surface area (Å²) < 4.78 is 4.62. The van der Waals surface area contributed by atoms with E-state index in [-0.39, 0.29) is 0 Å². The summed E-state index contributed by atoms with van der Waals surface area (Å²) in [6, 6.07) is 0. The van der Waals surface area contributed by atoms with Gasteiger partial charge in [-0.2, -0.15) is 0 Å². The Labute approximate surface area is 86.3 Å². The van der Waals surface area contributed by atoms with Gasteiger partial charge in [-0.3, -0.25) is 4.79 Å². The number of amides is 1. The first-order valence-corrected chi connectivity index (χ1v) is 3.84. The van der Waals surface area contributed by atoms with E-state index < -0.39 is 11.9 Å². The van der Waals surface area contributed by atoms with Crippen molar-refractivity contribution in [2.45, 2.75) is 0 Å². The third kappa shape index (κ3) is 24.5. The molecule has 0 rings (SSSR count). The summed E-state index contributed by atoms with van der Waals surface area (Å²) in [4.78, 5) is 28.6. The number of carboxylic acids is 2. The average molecular weight is 219 g/mol. The van der Waals surface area contributed by atoms with Crippen molar-refractivity contribution in [1.82, 2.24) is 5.32 Å². The van der Waals surface area contributed by atoms with Crippen LogP contribution in [0.5, 0.6) is 0 Å². The Morgan fingerprint density at radius 3 is 2.00 bits per heavy atom. The predicted molar refractivity (Wildman–Crippen MR) is 50.4 cm³/mol. The molecule has 3 N–H and O–H groups in total. The number of aliphatic carboxylic acids is 2. The molecule has 0 aromatic rings. The van der Waals surface area contributed by atoms with Crippen molar-refractivity contribution in [3.05, 3.63) is 12.2 Å². The first kappa shape index (κ1) is 15.6.